The summed E-state index contributed by atoms with van der Waals surface area (Å²) in [6.07, 6.45) is 1.34. The lowest BCUT2D eigenvalue weighted by Crippen LogP contribution is -3.13. The van der Waals surface area contributed by atoms with Crippen molar-refractivity contribution in [2.45, 2.75) is 13.2 Å². The smallest absolute Gasteiger partial charge is 0.227 e. The Hall–Kier alpha value is -3.19. The van der Waals surface area contributed by atoms with Gasteiger partial charge in [-0.05, 0) is 42.0 Å². The molecule has 1 N–H and O–H groups in total. The highest BCUT2D eigenvalue weighted by atomic mass is 19.1. The van der Waals surface area contributed by atoms with Crippen LogP contribution in [0.4, 0.5) is 14.5 Å². The van der Waals surface area contributed by atoms with Crippen molar-refractivity contribution in [1.29, 1.82) is 0 Å². The van der Waals surface area contributed by atoms with Gasteiger partial charge in [0.15, 0.2) is 5.76 Å². The number of piperazine rings is 1. The first-order chi connectivity index (χ1) is 14.6. The minimum absolute atomic E-state index is 0.138. The highest BCUT2D eigenvalue weighted by molar-refractivity contribution is 5.46. The number of hydrogen-bond donors (Lipinski definition) is 1. The van der Waals surface area contributed by atoms with Crippen molar-refractivity contribution in [3.8, 4) is 5.75 Å². The minimum Gasteiger partial charge on any atom is -0.482 e. The fourth-order valence-electron chi connectivity index (χ4n) is 3.53. The molecule has 7 heteroatoms. The van der Waals surface area contributed by atoms with Gasteiger partial charge in [0.1, 0.15) is 31.0 Å². The summed E-state index contributed by atoms with van der Waals surface area (Å²) in [7, 11) is 0. The average Bonchev–Trinajstić information content (AvgIpc) is 2.76. The lowest BCUT2D eigenvalue weighted by molar-refractivity contribution is -0.915. The monoisotopic (exact) mass is 413 g/mol. The molecule has 0 amide bonds. The molecule has 1 aliphatic heterocycles. The molecule has 3 aromatic rings. The third kappa shape index (κ3) is 5.04. The van der Waals surface area contributed by atoms with Crippen LogP contribution in [0.25, 0.3) is 0 Å². The maximum absolute atomic E-state index is 13.1. The Morgan fingerprint density at radius 2 is 1.60 bits per heavy atom. The molecule has 0 aliphatic carbocycles. The highest BCUT2D eigenvalue weighted by Crippen LogP contribution is 2.15. The number of hydrogen-bond acceptors (Lipinski definition) is 4. The first kappa shape index (κ1) is 20.1. The number of anilines is 1. The summed E-state index contributed by atoms with van der Waals surface area (Å²) in [6, 6.07) is 13.9. The van der Waals surface area contributed by atoms with Crippen LogP contribution >= 0.6 is 0 Å². The summed E-state index contributed by atoms with van der Waals surface area (Å²) >= 11 is 0. The molecule has 2 heterocycles. The fourth-order valence-corrected chi connectivity index (χ4v) is 3.53. The Bertz CT molecular complexity index is 1030. The summed E-state index contributed by atoms with van der Waals surface area (Å²) in [4.78, 5) is 15.9. The number of quaternary nitrogens is 1. The van der Waals surface area contributed by atoms with E-state index in [0.717, 1.165) is 37.4 Å². The van der Waals surface area contributed by atoms with E-state index < -0.39 is 0 Å². The number of benzene rings is 2. The number of halogens is 2. The van der Waals surface area contributed by atoms with E-state index in [1.807, 2.05) is 0 Å². The van der Waals surface area contributed by atoms with Gasteiger partial charge < -0.3 is 19.0 Å². The maximum atomic E-state index is 13.1. The topological polar surface area (TPSA) is 47.1 Å². The number of rotatable bonds is 6. The molecule has 156 valence electrons. The summed E-state index contributed by atoms with van der Waals surface area (Å²) in [5.74, 6) is 0.199. The molecule has 1 aliphatic rings. The third-order valence-corrected chi connectivity index (χ3v) is 5.25. The molecule has 5 nitrogen and oxygen atoms in total. The van der Waals surface area contributed by atoms with Crippen molar-refractivity contribution in [1.82, 2.24) is 0 Å². The predicted molar refractivity (Wildman–Crippen MR) is 109 cm³/mol. The SMILES string of the molecule is O=c1cc(C[NH+]2CCN(c3ccc(F)cc3)CC2)occ1OCc1ccc(F)cc1. The first-order valence-electron chi connectivity index (χ1n) is 9.90. The molecule has 0 spiro atoms. The molecule has 1 fully saturated rings. The third-order valence-electron chi connectivity index (χ3n) is 5.25. The van der Waals surface area contributed by atoms with Crippen LogP contribution in [0.1, 0.15) is 11.3 Å². The summed E-state index contributed by atoms with van der Waals surface area (Å²) in [5.41, 5.74) is 1.55. The van der Waals surface area contributed by atoms with Gasteiger partial charge in [0.05, 0.1) is 26.2 Å². The quantitative estimate of drug-likeness (QED) is 0.674. The van der Waals surface area contributed by atoms with Gasteiger partial charge in [0.25, 0.3) is 0 Å². The zero-order chi connectivity index (χ0) is 20.9. The lowest BCUT2D eigenvalue weighted by atomic mass is 10.2. The Balaban J connectivity index is 1.30. The lowest BCUT2D eigenvalue weighted by Gasteiger charge is -2.33. The highest BCUT2D eigenvalue weighted by Gasteiger charge is 2.21. The molecule has 0 bridgehead atoms. The van der Waals surface area contributed by atoms with E-state index in [1.54, 1.807) is 24.3 Å². The Morgan fingerprint density at radius 3 is 2.23 bits per heavy atom. The summed E-state index contributed by atoms with van der Waals surface area (Å²) < 4.78 is 37.2. The molecule has 2 aromatic carbocycles. The molecular weight excluding hydrogens is 390 g/mol. The normalized spacial score (nSPS) is 14.7. The van der Waals surface area contributed by atoms with Gasteiger partial charge in [-0.15, -0.1) is 0 Å². The molecular formula is C23H23F2N2O3+. The van der Waals surface area contributed by atoms with Crippen molar-refractivity contribution in [3.63, 3.8) is 0 Å². The second-order valence-electron chi connectivity index (χ2n) is 7.38. The largest absolute Gasteiger partial charge is 0.482 e. The van der Waals surface area contributed by atoms with Crippen LogP contribution in [0.3, 0.4) is 0 Å². The van der Waals surface area contributed by atoms with Crippen LogP contribution in [0, 0.1) is 11.6 Å². The first-order valence-corrected chi connectivity index (χ1v) is 9.90. The van der Waals surface area contributed by atoms with E-state index in [1.165, 1.54) is 41.5 Å². The Labute approximate surface area is 173 Å². The Kier molecular flexibility index (Phi) is 6.09. The number of nitrogens with zero attached hydrogens (tertiary/aromatic N) is 1. The van der Waals surface area contributed by atoms with E-state index in [0.29, 0.717) is 12.3 Å². The van der Waals surface area contributed by atoms with Crippen LogP contribution < -0.4 is 20.0 Å². The minimum atomic E-state index is -0.316. The standard InChI is InChI=1S/C23H22F2N2O3/c24-18-3-1-17(2-4-18)15-30-23-16-29-21(13-22(23)28)14-26-9-11-27(12-10-26)20-7-5-19(25)6-8-20/h1-8,13,16H,9-12,14-15H2/p+1. The van der Waals surface area contributed by atoms with Gasteiger partial charge >= 0.3 is 0 Å². The van der Waals surface area contributed by atoms with E-state index >= 15 is 0 Å². The molecule has 0 atom stereocenters. The summed E-state index contributed by atoms with van der Waals surface area (Å²) in [5, 5.41) is 0. The zero-order valence-corrected chi connectivity index (χ0v) is 16.4. The van der Waals surface area contributed by atoms with Gasteiger partial charge in [-0.1, -0.05) is 12.1 Å². The van der Waals surface area contributed by atoms with E-state index in [9.17, 15) is 13.6 Å². The second-order valence-corrected chi connectivity index (χ2v) is 7.38. The van der Waals surface area contributed by atoms with Gasteiger partial charge in [-0.25, -0.2) is 8.78 Å². The van der Waals surface area contributed by atoms with Crippen LogP contribution in [0.5, 0.6) is 5.75 Å². The molecule has 4 rings (SSSR count). The zero-order valence-electron chi connectivity index (χ0n) is 16.4. The van der Waals surface area contributed by atoms with Crippen LogP contribution in [0.2, 0.25) is 0 Å². The summed E-state index contributed by atoms with van der Waals surface area (Å²) in [6.45, 7) is 4.27. The van der Waals surface area contributed by atoms with Gasteiger partial charge in [0, 0.05) is 11.8 Å². The van der Waals surface area contributed by atoms with E-state index in [2.05, 4.69) is 4.90 Å². The van der Waals surface area contributed by atoms with E-state index in [4.69, 9.17) is 9.15 Å². The van der Waals surface area contributed by atoms with E-state index in [-0.39, 0.29) is 29.4 Å². The van der Waals surface area contributed by atoms with Crippen molar-refractivity contribution in [2.24, 2.45) is 0 Å². The number of ether oxygens (including phenoxy) is 1. The molecule has 30 heavy (non-hydrogen) atoms. The molecule has 0 radical (unpaired) electrons. The molecule has 0 saturated carbocycles. The van der Waals surface area contributed by atoms with Crippen molar-refractivity contribution < 1.29 is 22.8 Å². The van der Waals surface area contributed by atoms with Crippen molar-refractivity contribution in [2.75, 3.05) is 31.1 Å². The fraction of sp³-hybridized carbons (Fsp3) is 0.261. The van der Waals surface area contributed by atoms with Gasteiger partial charge in [0.2, 0.25) is 11.2 Å². The van der Waals surface area contributed by atoms with Crippen molar-refractivity contribution in [3.05, 3.63) is 94.0 Å². The predicted octanol–water partition coefficient (Wildman–Crippen LogP) is 2.40. The van der Waals surface area contributed by atoms with Crippen LogP contribution in [0.15, 0.2) is 70.1 Å². The molecule has 1 saturated heterocycles. The van der Waals surface area contributed by atoms with Crippen LogP contribution in [-0.4, -0.2) is 26.2 Å². The van der Waals surface area contributed by atoms with Crippen molar-refractivity contribution >= 4 is 5.69 Å². The molecule has 0 unspecified atom stereocenters. The Morgan fingerprint density at radius 1 is 0.967 bits per heavy atom. The number of nitrogens with one attached hydrogen (secondary N) is 1. The van der Waals surface area contributed by atoms with Gasteiger partial charge in [-0.3, -0.25) is 4.79 Å². The second kappa shape index (κ2) is 9.09. The van der Waals surface area contributed by atoms with Crippen LogP contribution in [-0.2, 0) is 13.2 Å². The molecule has 1 aromatic heterocycles. The maximum Gasteiger partial charge on any atom is 0.227 e. The average molecular weight is 413 g/mol. The van der Waals surface area contributed by atoms with Gasteiger partial charge in [-0.2, -0.15) is 0 Å².